The number of thioether (sulfide) groups is 1. The minimum Gasteiger partial charge on any atom is -0.493 e. The lowest BCUT2D eigenvalue weighted by atomic mass is 10.1. The van der Waals surface area contributed by atoms with E-state index in [1.807, 2.05) is 36.4 Å². The first-order chi connectivity index (χ1) is 17.4. The van der Waals surface area contributed by atoms with Gasteiger partial charge in [-0.25, -0.2) is 4.39 Å². The molecule has 3 aromatic rings. The van der Waals surface area contributed by atoms with Gasteiger partial charge >= 0.3 is 0 Å². The highest BCUT2D eigenvalue weighted by Crippen LogP contribution is 2.48. The van der Waals surface area contributed by atoms with Crippen LogP contribution in [-0.4, -0.2) is 39.7 Å². The van der Waals surface area contributed by atoms with Crippen molar-refractivity contribution in [2.75, 3.05) is 32.8 Å². The van der Waals surface area contributed by atoms with Gasteiger partial charge in [0.2, 0.25) is 17.6 Å². The Labute approximate surface area is 213 Å². The van der Waals surface area contributed by atoms with E-state index in [0.717, 1.165) is 16.0 Å². The maximum absolute atomic E-state index is 13.4. The Kier molecular flexibility index (Phi) is 8.00. The highest BCUT2D eigenvalue weighted by molar-refractivity contribution is 7.99. The smallest absolute Gasteiger partial charge is 0.240 e. The number of halogens is 1. The number of rotatable bonds is 8. The first-order valence-corrected chi connectivity index (χ1v) is 12.2. The molecule has 0 spiro atoms. The lowest BCUT2D eigenvalue weighted by molar-refractivity contribution is -0.124. The van der Waals surface area contributed by atoms with Crippen molar-refractivity contribution in [3.63, 3.8) is 0 Å². The zero-order valence-electron chi connectivity index (χ0n) is 20.2. The van der Waals surface area contributed by atoms with Gasteiger partial charge in [-0.05, 0) is 47.5 Å². The molecular formula is C27H27FN2O5S. The second-order valence-electron chi connectivity index (χ2n) is 8.12. The summed E-state index contributed by atoms with van der Waals surface area (Å²) in [7, 11) is 4.64. The van der Waals surface area contributed by atoms with Crippen LogP contribution in [0.2, 0.25) is 0 Å². The Hall–Kier alpha value is -3.72. The second-order valence-corrected chi connectivity index (χ2v) is 9.36. The number of hydrogen-bond donors (Lipinski definition) is 1. The van der Waals surface area contributed by atoms with Crippen LogP contribution in [0.4, 0.5) is 10.1 Å². The highest BCUT2D eigenvalue weighted by atomic mass is 32.2. The van der Waals surface area contributed by atoms with Crippen LogP contribution in [0.3, 0.4) is 0 Å². The van der Waals surface area contributed by atoms with Gasteiger partial charge in [0.15, 0.2) is 11.5 Å². The van der Waals surface area contributed by atoms with Crippen LogP contribution in [-0.2, 0) is 16.1 Å². The lowest BCUT2D eigenvalue weighted by Gasteiger charge is -2.22. The number of carbonyl (C=O) groups is 2. The summed E-state index contributed by atoms with van der Waals surface area (Å²) >= 11 is 1.55. The number of nitrogens with one attached hydrogen (secondary N) is 1. The van der Waals surface area contributed by atoms with Gasteiger partial charge in [0, 0.05) is 23.1 Å². The summed E-state index contributed by atoms with van der Waals surface area (Å²) in [4.78, 5) is 28.6. The molecule has 1 aliphatic rings. The van der Waals surface area contributed by atoms with Gasteiger partial charge < -0.3 is 24.4 Å². The van der Waals surface area contributed by atoms with Gasteiger partial charge in [0.25, 0.3) is 0 Å². The Morgan fingerprint density at radius 3 is 2.33 bits per heavy atom. The second kappa shape index (κ2) is 11.3. The number of fused-ring (bicyclic) bond motifs is 1. The van der Waals surface area contributed by atoms with E-state index in [1.165, 1.54) is 17.0 Å². The summed E-state index contributed by atoms with van der Waals surface area (Å²) in [6, 6.07) is 17.1. The molecule has 1 N–H and O–H groups in total. The van der Waals surface area contributed by atoms with Gasteiger partial charge in [0.05, 0.1) is 27.0 Å². The molecular weight excluding hydrogens is 483 g/mol. The topological polar surface area (TPSA) is 77.1 Å². The van der Waals surface area contributed by atoms with Crippen molar-refractivity contribution >= 4 is 29.3 Å². The Morgan fingerprint density at radius 2 is 1.69 bits per heavy atom. The number of anilines is 1. The zero-order valence-corrected chi connectivity index (χ0v) is 21.1. The molecule has 36 heavy (non-hydrogen) atoms. The summed E-state index contributed by atoms with van der Waals surface area (Å²) in [5.74, 6) is 0.676. The molecule has 2 amide bonds. The molecule has 188 valence electrons. The predicted octanol–water partition coefficient (Wildman–Crippen LogP) is 4.74. The minimum atomic E-state index is -0.337. The fourth-order valence-corrected chi connectivity index (χ4v) is 5.29. The molecule has 0 aromatic heterocycles. The number of ether oxygens (including phenoxy) is 3. The highest BCUT2D eigenvalue weighted by Gasteiger charge is 2.31. The number of carbonyl (C=O) groups excluding carboxylic acids is 2. The first kappa shape index (κ1) is 25.4. The van der Waals surface area contributed by atoms with Crippen LogP contribution >= 0.6 is 11.8 Å². The Morgan fingerprint density at radius 1 is 1.03 bits per heavy atom. The number of methoxy groups -OCH3 is 3. The lowest BCUT2D eigenvalue weighted by Crippen LogP contribution is -2.40. The maximum atomic E-state index is 13.4. The van der Waals surface area contributed by atoms with Crippen molar-refractivity contribution in [3.8, 4) is 17.2 Å². The summed E-state index contributed by atoms with van der Waals surface area (Å²) < 4.78 is 29.6. The van der Waals surface area contributed by atoms with Crippen molar-refractivity contribution in [3.05, 3.63) is 77.6 Å². The van der Waals surface area contributed by atoms with Crippen LogP contribution in [0.5, 0.6) is 17.2 Å². The van der Waals surface area contributed by atoms with Gasteiger partial charge in [-0.3, -0.25) is 9.59 Å². The molecule has 1 unspecified atom stereocenters. The van der Waals surface area contributed by atoms with E-state index in [9.17, 15) is 14.0 Å². The van der Waals surface area contributed by atoms with E-state index in [4.69, 9.17) is 14.2 Å². The summed E-state index contributed by atoms with van der Waals surface area (Å²) in [5.41, 5.74) is 2.30. The Balaban J connectivity index is 1.57. The molecule has 1 aliphatic heterocycles. The molecule has 3 aromatic carbocycles. The standard InChI is InChI=1S/C27H27FN2O5S/c1-33-21-12-18(13-22(34-2)27(21)35-3)24-14-26(32)30(20-6-4-5-7-23(20)36-24)16-25(31)29-15-17-8-10-19(28)11-9-17/h4-13,24H,14-16H2,1-3H3,(H,29,31). The van der Waals surface area contributed by atoms with Gasteiger partial charge in [-0.15, -0.1) is 11.8 Å². The third-order valence-corrected chi connectivity index (χ3v) is 7.17. The van der Waals surface area contributed by atoms with Gasteiger partial charge in [-0.2, -0.15) is 0 Å². The van der Waals surface area contributed by atoms with Crippen molar-refractivity contribution in [1.82, 2.24) is 5.32 Å². The summed E-state index contributed by atoms with van der Waals surface area (Å²) in [6.07, 6.45) is 0.170. The van der Waals surface area contributed by atoms with E-state index in [-0.39, 0.29) is 42.4 Å². The average Bonchev–Trinajstić information content (AvgIpc) is 3.03. The SMILES string of the molecule is COc1cc(C2CC(=O)N(CC(=O)NCc3ccc(F)cc3)c3ccccc3S2)cc(OC)c1OC. The Bertz CT molecular complexity index is 1230. The first-order valence-electron chi connectivity index (χ1n) is 11.3. The van der Waals surface area contributed by atoms with E-state index in [2.05, 4.69) is 5.32 Å². The molecule has 0 saturated carbocycles. The number of para-hydroxylation sites is 1. The van der Waals surface area contributed by atoms with Crippen LogP contribution in [0.15, 0.2) is 65.6 Å². The molecule has 1 atom stereocenters. The molecule has 4 rings (SSSR count). The molecule has 0 saturated heterocycles. The summed E-state index contributed by atoms with van der Waals surface area (Å²) in [5, 5.41) is 2.58. The number of hydrogen-bond acceptors (Lipinski definition) is 6. The number of nitrogens with zero attached hydrogens (tertiary/aromatic N) is 1. The monoisotopic (exact) mass is 510 g/mol. The van der Waals surface area contributed by atoms with E-state index >= 15 is 0 Å². The molecule has 9 heteroatoms. The fraction of sp³-hybridized carbons (Fsp3) is 0.259. The van der Waals surface area contributed by atoms with Crippen molar-refractivity contribution in [1.29, 1.82) is 0 Å². The molecule has 0 aliphatic carbocycles. The van der Waals surface area contributed by atoms with Gasteiger partial charge in [-0.1, -0.05) is 24.3 Å². The predicted molar refractivity (Wildman–Crippen MR) is 136 cm³/mol. The van der Waals surface area contributed by atoms with Crippen molar-refractivity contribution in [2.24, 2.45) is 0 Å². The van der Waals surface area contributed by atoms with E-state index in [1.54, 1.807) is 45.2 Å². The molecule has 7 nitrogen and oxygen atoms in total. The van der Waals surface area contributed by atoms with Crippen molar-refractivity contribution in [2.45, 2.75) is 23.1 Å². The third-order valence-electron chi connectivity index (χ3n) is 5.85. The largest absolute Gasteiger partial charge is 0.493 e. The van der Waals surface area contributed by atoms with Gasteiger partial charge in [0.1, 0.15) is 12.4 Å². The third kappa shape index (κ3) is 5.57. The normalized spacial score (nSPS) is 15.1. The molecule has 0 radical (unpaired) electrons. The average molecular weight is 511 g/mol. The molecule has 0 bridgehead atoms. The van der Waals surface area contributed by atoms with Crippen LogP contribution in [0, 0.1) is 5.82 Å². The van der Waals surface area contributed by atoms with E-state index in [0.29, 0.717) is 22.9 Å². The van der Waals surface area contributed by atoms with Crippen LogP contribution in [0.1, 0.15) is 22.8 Å². The number of amides is 2. The maximum Gasteiger partial charge on any atom is 0.240 e. The zero-order chi connectivity index (χ0) is 25.7. The molecule has 1 heterocycles. The molecule has 0 fully saturated rings. The van der Waals surface area contributed by atoms with Crippen LogP contribution in [0.25, 0.3) is 0 Å². The van der Waals surface area contributed by atoms with E-state index < -0.39 is 0 Å². The van der Waals surface area contributed by atoms with Crippen LogP contribution < -0.4 is 24.4 Å². The van der Waals surface area contributed by atoms with Crippen molar-refractivity contribution < 1.29 is 28.2 Å². The summed E-state index contributed by atoms with van der Waals surface area (Å²) in [6.45, 7) is 0.116. The quantitative estimate of drug-likeness (QED) is 0.472. The fourth-order valence-electron chi connectivity index (χ4n) is 4.03. The number of benzene rings is 3. The minimum absolute atomic E-state index is 0.125.